The monoisotopic (exact) mass is 452 g/mol. The predicted octanol–water partition coefficient (Wildman–Crippen LogP) is 3.58. The van der Waals surface area contributed by atoms with Crippen molar-refractivity contribution in [1.82, 2.24) is 5.32 Å². The molecule has 0 spiro atoms. The van der Waals surface area contributed by atoms with E-state index in [1.165, 1.54) is 19.1 Å². The van der Waals surface area contributed by atoms with Crippen LogP contribution in [0, 0.1) is 17.5 Å². The zero-order valence-corrected chi connectivity index (χ0v) is 17.5. The van der Waals surface area contributed by atoms with Crippen LogP contribution in [0.4, 0.5) is 18.9 Å². The summed E-state index contributed by atoms with van der Waals surface area (Å²) < 4.78 is 50.2. The number of hydrogen-bond donors (Lipinski definition) is 2. The number of benzene rings is 2. The van der Waals surface area contributed by atoms with Crippen molar-refractivity contribution in [2.75, 3.05) is 18.5 Å². The van der Waals surface area contributed by atoms with Crippen LogP contribution in [0.15, 0.2) is 36.4 Å². The van der Waals surface area contributed by atoms with E-state index in [0.717, 1.165) is 18.9 Å². The zero-order valence-electron chi connectivity index (χ0n) is 17.5. The van der Waals surface area contributed by atoms with Gasteiger partial charge in [-0.1, -0.05) is 13.3 Å². The quantitative estimate of drug-likeness (QED) is 0.327. The van der Waals surface area contributed by atoms with E-state index in [0.29, 0.717) is 24.0 Å². The number of rotatable bonds is 10. The molecule has 2 N–H and O–H groups in total. The van der Waals surface area contributed by atoms with Gasteiger partial charge in [0.2, 0.25) is 0 Å². The Labute approximate surface area is 182 Å². The van der Waals surface area contributed by atoms with Crippen molar-refractivity contribution in [3.8, 4) is 5.75 Å². The van der Waals surface area contributed by atoms with Crippen LogP contribution >= 0.6 is 0 Å². The molecule has 0 radical (unpaired) electrons. The third-order valence-electron chi connectivity index (χ3n) is 4.25. The Kier molecular flexibility index (Phi) is 9.06. The van der Waals surface area contributed by atoms with E-state index in [-0.39, 0.29) is 0 Å². The molecule has 1 unspecified atom stereocenters. The maximum atomic E-state index is 13.6. The topological polar surface area (TPSA) is 93.7 Å². The first-order valence-corrected chi connectivity index (χ1v) is 9.87. The molecule has 2 rings (SSSR count). The first-order chi connectivity index (χ1) is 15.2. The van der Waals surface area contributed by atoms with Crippen LogP contribution in [0.3, 0.4) is 0 Å². The molecule has 1 atom stereocenters. The number of carbonyl (C=O) groups excluding carboxylic acids is 3. The molecule has 0 aliphatic rings. The minimum Gasteiger partial charge on any atom is -0.494 e. The van der Waals surface area contributed by atoms with Crippen LogP contribution in [0.2, 0.25) is 0 Å². The molecule has 2 aromatic carbocycles. The third-order valence-corrected chi connectivity index (χ3v) is 4.25. The van der Waals surface area contributed by atoms with Crippen LogP contribution < -0.4 is 15.4 Å². The fourth-order valence-corrected chi connectivity index (χ4v) is 2.44. The second kappa shape index (κ2) is 11.7. The molecular weight excluding hydrogens is 429 g/mol. The Balaban J connectivity index is 1.81. The highest BCUT2D eigenvalue weighted by Crippen LogP contribution is 2.20. The van der Waals surface area contributed by atoms with E-state index in [1.54, 1.807) is 12.1 Å². The van der Waals surface area contributed by atoms with Gasteiger partial charge in [-0.15, -0.1) is 0 Å². The number of amides is 2. The summed E-state index contributed by atoms with van der Waals surface area (Å²) in [7, 11) is 0. The first-order valence-electron chi connectivity index (χ1n) is 9.87. The Bertz CT molecular complexity index is 967. The van der Waals surface area contributed by atoms with Crippen molar-refractivity contribution in [3.05, 3.63) is 59.4 Å². The van der Waals surface area contributed by atoms with Gasteiger partial charge in [-0.25, -0.2) is 13.2 Å². The van der Waals surface area contributed by atoms with E-state index < -0.39 is 53.6 Å². The van der Waals surface area contributed by atoms with Gasteiger partial charge in [-0.05, 0) is 49.7 Å². The van der Waals surface area contributed by atoms with Crippen LogP contribution in [-0.2, 0) is 14.3 Å². The highest BCUT2D eigenvalue weighted by atomic mass is 19.2. The Morgan fingerprint density at radius 1 is 1.00 bits per heavy atom. The number of esters is 1. The van der Waals surface area contributed by atoms with Gasteiger partial charge in [0.05, 0.1) is 12.3 Å². The second-order valence-electron chi connectivity index (χ2n) is 6.75. The van der Waals surface area contributed by atoms with Gasteiger partial charge < -0.3 is 20.1 Å². The molecule has 0 bridgehead atoms. The number of anilines is 1. The fourth-order valence-electron chi connectivity index (χ4n) is 2.44. The highest BCUT2D eigenvalue weighted by molar-refractivity contribution is 5.97. The summed E-state index contributed by atoms with van der Waals surface area (Å²) in [6.07, 6.45) is 0.529. The van der Waals surface area contributed by atoms with E-state index in [2.05, 4.69) is 5.32 Å². The number of carbonyl (C=O) groups is 3. The van der Waals surface area contributed by atoms with Crippen LogP contribution in [0.1, 0.15) is 37.0 Å². The van der Waals surface area contributed by atoms with Gasteiger partial charge >= 0.3 is 5.97 Å². The van der Waals surface area contributed by atoms with Crippen molar-refractivity contribution in [2.45, 2.75) is 32.8 Å². The Morgan fingerprint density at radius 2 is 1.69 bits per heavy atom. The minimum atomic E-state index is -1.74. The van der Waals surface area contributed by atoms with Crippen molar-refractivity contribution in [3.63, 3.8) is 0 Å². The van der Waals surface area contributed by atoms with Gasteiger partial charge in [-0.3, -0.25) is 14.4 Å². The van der Waals surface area contributed by atoms with Crippen LogP contribution in [0.5, 0.6) is 5.75 Å². The smallest absolute Gasteiger partial charge is 0.326 e. The van der Waals surface area contributed by atoms with E-state index >= 15 is 0 Å². The highest BCUT2D eigenvalue weighted by Gasteiger charge is 2.21. The molecule has 2 aromatic rings. The number of ether oxygens (including phenoxy) is 2. The summed E-state index contributed by atoms with van der Waals surface area (Å²) in [5.41, 5.74) is -0.313. The number of halogens is 3. The summed E-state index contributed by atoms with van der Waals surface area (Å²) in [5.74, 6) is -6.54. The van der Waals surface area contributed by atoms with Crippen molar-refractivity contribution >= 4 is 23.5 Å². The van der Waals surface area contributed by atoms with Crippen molar-refractivity contribution in [2.24, 2.45) is 0 Å². The zero-order chi connectivity index (χ0) is 23.7. The van der Waals surface area contributed by atoms with Crippen LogP contribution in [0.25, 0.3) is 0 Å². The minimum absolute atomic E-state index is 0.292. The van der Waals surface area contributed by atoms with Crippen molar-refractivity contribution < 1.29 is 37.0 Å². The van der Waals surface area contributed by atoms with Gasteiger partial charge in [0.15, 0.2) is 23.6 Å². The van der Waals surface area contributed by atoms with Gasteiger partial charge in [0.1, 0.15) is 12.3 Å². The molecular formula is C22H23F3N2O5. The largest absolute Gasteiger partial charge is 0.494 e. The maximum Gasteiger partial charge on any atom is 0.326 e. The lowest BCUT2D eigenvalue weighted by atomic mass is 10.2. The molecule has 0 aromatic heterocycles. The number of unbranched alkanes of at least 4 members (excludes halogenated alkanes) is 1. The van der Waals surface area contributed by atoms with Gasteiger partial charge in [0, 0.05) is 5.56 Å². The molecule has 172 valence electrons. The molecule has 32 heavy (non-hydrogen) atoms. The molecule has 7 nitrogen and oxygen atoms in total. The summed E-state index contributed by atoms with van der Waals surface area (Å²) in [6.45, 7) is 3.29. The van der Waals surface area contributed by atoms with E-state index in [4.69, 9.17) is 9.47 Å². The average Bonchev–Trinajstić information content (AvgIpc) is 2.78. The SMILES string of the molecule is CCCCOc1ccc(C(=O)NCC(=O)OC(C)C(=O)Nc2ccc(F)c(F)c2F)cc1. The van der Waals surface area contributed by atoms with Crippen LogP contribution in [-0.4, -0.2) is 37.0 Å². The molecule has 0 heterocycles. The average molecular weight is 452 g/mol. The van der Waals surface area contributed by atoms with Gasteiger partial charge in [0.25, 0.3) is 11.8 Å². The van der Waals surface area contributed by atoms with E-state index in [1.807, 2.05) is 12.2 Å². The summed E-state index contributed by atoms with van der Waals surface area (Å²) in [4.78, 5) is 36.0. The summed E-state index contributed by atoms with van der Waals surface area (Å²) in [6, 6.07) is 7.81. The molecule has 2 amide bonds. The molecule has 10 heteroatoms. The third kappa shape index (κ3) is 7.00. The first kappa shape index (κ1) is 24.7. The molecule has 0 aliphatic carbocycles. The lowest BCUT2D eigenvalue weighted by Crippen LogP contribution is -2.36. The predicted molar refractivity (Wildman–Crippen MR) is 110 cm³/mol. The molecule has 0 fully saturated rings. The number of hydrogen-bond acceptors (Lipinski definition) is 5. The molecule has 0 saturated carbocycles. The van der Waals surface area contributed by atoms with E-state index in [9.17, 15) is 27.6 Å². The number of nitrogens with one attached hydrogen (secondary N) is 2. The van der Waals surface area contributed by atoms with Crippen molar-refractivity contribution in [1.29, 1.82) is 0 Å². The maximum absolute atomic E-state index is 13.6. The summed E-state index contributed by atoms with van der Waals surface area (Å²) in [5, 5.41) is 4.35. The lowest BCUT2D eigenvalue weighted by Gasteiger charge is -2.14. The Morgan fingerprint density at radius 3 is 2.34 bits per heavy atom. The molecule has 0 saturated heterocycles. The normalized spacial score (nSPS) is 11.4. The fraction of sp³-hybridized carbons (Fsp3) is 0.318. The summed E-state index contributed by atoms with van der Waals surface area (Å²) >= 11 is 0. The Hall–Kier alpha value is -3.56. The lowest BCUT2D eigenvalue weighted by molar-refractivity contribution is -0.152. The van der Waals surface area contributed by atoms with Gasteiger partial charge in [-0.2, -0.15) is 0 Å². The standard InChI is InChI=1S/C22H23F3N2O5/c1-3-4-11-31-15-7-5-14(6-8-15)22(30)26-12-18(28)32-13(2)21(29)27-17-10-9-16(23)19(24)20(17)25/h5-10,13H,3-4,11-12H2,1-2H3,(H,26,30)(H,27,29). The second-order valence-corrected chi connectivity index (χ2v) is 6.75. The molecule has 0 aliphatic heterocycles.